The zero-order valence-electron chi connectivity index (χ0n) is 41.3. The highest BCUT2D eigenvalue weighted by Gasteiger charge is 2.33. The maximum atomic E-state index is 6.78. The molecular formula is C68H38N8O2. The van der Waals surface area contributed by atoms with Crippen molar-refractivity contribution in [2.75, 3.05) is 9.80 Å². The Hall–Kier alpha value is -10.8. The van der Waals surface area contributed by atoms with E-state index < -0.39 is 0 Å². The molecule has 0 N–H and O–H groups in total. The first-order chi connectivity index (χ1) is 38.7. The average Bonchev–Trinajstić information content (AvgIpc) is 4.54. The summed E-state index contributed by atoms with van der Waals surface area (Å²) in [6, 6.07) is 81.7. The Kier molecular flexibility index (Phi) is 7.54. The molecule has 0 atom stereocenters. The molecule has 0 aliphatic heterocycles. The van der Waals surface area contributed by atoms with Gasteiger partial charge in [0, 0.05) is 65.8 Å². The van der Waals surface area contributed by atoms with E-state index in [-0.39, 0.29) is 0 Å². The number of nitrogens with zero attached hydrogens (tertiary/aromatic N) is 8. The number of fused-ring (bicyclic) bond motifs is 24. The molecule has 19 rings (SSSR count). The lowest BCUT2D eigenvalue weighted by atomic mass is 10.0. The summed E-state index contributed by atoms with van der Waals surface area (Å²) in [6.07, 6.45) is 0. The minimum absolute atomic E-state index is 0.834. The van der Waals surface area contributed by atoms with Crippen LogP contribution in [-0.4, -0.2) is 27.6 Å². The molecule has 362 valence electrons. The highest BCUT2D eigenvalue weighted by molar-refractivity contribution is 6.37. The van der Waals surface area contributed by atoms with E-state index >= 15 is 0 Å². The van der Waals surface area contributed by atoms with Crippen molar-refractivity contribution >= 4 is 166 Å². The summed E-state index contributed by atoms with van der Waals surface area (Å²) in [5.41, 5.74) is 19.8. The lowest BCUT2D eigenvalue weighted by Gasteiger charge is -2.25. The SMILES string of the molecule is c1ccc(N(c2ccc3c(c2)c2c4c5c(c6cc(N(c7ccccc7)c7cccc8c7oc7ccccc78)ccc6n5c5nc6ccccc6n45)c4c2n3c2nc3ccccc3n42)c2cccc3c2oc2ccccc23)cc1. The largest absolute Gasteiger partial charge is 0.454 e. The van der Waals surface area contributed by atoms with Gasteiger partial charge in [-0.1, -0.05) is 121 Å². The molecule has 19 aromatic rings. The van der Waals surface area contributed by atoms with Crippen molar-refractivity contribution in [3.05, 3.63) is 231 Å². The second-order valence-corrected chi connectivity index (χ2v) is 20.5. The van der Waals surface area contributed by atoms with Gasteiger partial charge in [0.15, 0.2) is 11.2 Å². The van der Waals surface area contributed by atoms with Gasteiger partial charge in [0.05, 0.1) is 66.5 Å². The summed E-state index contributed by atoms with van der Waals surface area (Å²) in [7, 11) is 0. The first kappa shape index (κ1) is 40.5. The maximum Gasteiger partial charge on any atom is 0.220 e. The molecule has 10 heteroatoms. The second kappa shape index (κ2) is 14.5. The van der Waals surface area contributed by atoms with E-state index in [2.05, 4.69) is 246 Å². The van der Waals surface area contributed by atoms with Gasteiger partial charge in [-0.05, 0) is 109 Å². The van der Waals surface area contributed by atoms with Crippen molar-refractivity contribution in [3.63, 3.8) is 0 Å². The summed E-state index contributed by atoms with van der Waals surface area (Å²) in [4.78, 5) is 15.7. The molecule has 0 spiro atoms. The van der Waals surface area contributed by atoms with Gasteiger partial charge in [-0.25, -0.2) is 9.97 Å². The highest BCUT2D eigenvalue weighted by Crippen LogP contribution is 2.52. The number of imidazole rings is 4. The van der Waals surface area contributed by atoms with Gasteiger partial charge in [0.25, 0.3) is 0 Å². The number of furan rings is 2. The third-order valence-electron chi connectivity index (χ3n) is 16.6. The summed E-state index contributed by atoms with van der Waals surface area (Å²) in [5, 5.41) is 8.80. The van der Waals surface area contributed by atoms with E-state index in [1.807, 2.05) is 12.1 Å². The minimum atomic E-state index is 0.834. The first-order valence-electron chi connectivity index (χ1n) is 26.3. The molecule has 0 amide bonds. The van der Waals surface area contributed by atoms with Crippen molar-refractivity contribution < 1.29 is 8.83 Å². The van der Waals surface area contributed by atoms with Crippen LogP contribution in [0.2, 0.25) is 0 Å². The van der Waals surface area contributed by atoms with Crippen molar-refractivity contribution in [2.24, 2.45) is 0 Å². The molecule has 11 aromatic carbocycles. The Morgan fingerprint density at radius 3 is 1.14 bits per heavy atom. The number of rotatable bonds is 6. The van der Waals surface area contributed by atoms with Gasteiger partial charge in [0.2, 0.25) is 11.6 Å². The van der Waals surface area contributed by atoms with E-state index in [1.165, 1.54) is 0 Å². The third-order valence-corrected chi connectivity index (χ3v) is 16.6. The smallest absolute Gasteiger partial charge is 0.220 e. The Labute approximate surface area is 440 Å². The number of hydrogen-bond donors (Lipinski definition) is 0. The maximum absolute atomic E-state index is 6.78. The fourth-order valence-electron chi connectivity index (χ4n) is 13.4. The fourth-order valence-corrected chi connectivity index (χ4v) is 13.4. The first-order valence-corrected chi connectivity index (χ1v) is 26.3. The molecule has 0 aliphatic rings. The molecule has 0 fully saturated rings. The van der Waals surface area contributed by atoms with Crippen LogP contribution < -0.4 is 9.80 Å². The van der Waals surface area contributed by atoms with Crippen molar-refractivity contribution in [1.82, 2.24) is 27.6 Å². The lowest BCUT2D eigenvalue weighted by Crippen LogP contribution is -2.10. The van der Waals surface area contributed by atoms with Gasteiger partial charge in [0.1, 0.15) is 11.2 Å². The van der Waals surface area contributed by atoms with Gasteiger partial charge in [-0.3, -0.25) is 17.6 Å². The van der Waals surface area contributed by atoms with E-state index in [1.54, 1.807) is 0 Å². The van der Waals surface area contributed by atoms with Crippen molar-refractivity contribution in [3.8, 4) is 0 Å². The molecule has 0 aliphatic carbocycles. The zero-order chi connectivity index (χ0) is 50.5. The Balaban J connectivity index is 0.974. The summed E-state index contributed by atoms with van der Waals surface area (Å²) in [6.45, 7) is 0. The van der Waals surface area contributed by atoms with Gasteiger partial charge in [-0.2, -0.15) is 0 Å². The standard InChI is InChI=1S/C68H38N8O2/c1-3-17-39(18-4-1)71(55-29-15-23-45-43-21-7-13-31-57(43)77-65(45)55)41-33-35-51-47(37-41)59-61-64(76-54-28-12-10-26-50(54)69-67(76)73(51)61)60-48-38-42(34-36-52(48)74-62(60)63(59)75-53-27-11-9-25-49(53)70-68(74)75)72(40-19-5-2-6-20-40)56-30-16-24-46-44-22-8-14-32-58(44)78-66(46)56/h1-38H. The van der Waals surface area contributed by atoms with Crippen LogP contribution in [0.5, 0.6) is 0 Å². The third kappa shape index (κ3) is 5.02. The summed E-state index contributed by atoms with van der Waals surface area (Å²) < 4.78 is 23.2. The molecule has 8 heterocycles. The van der Waals surface area contributed by atoms with E-state index in [4.69, 9.17) is 18.8 Å². The topological polar surface area (TPSA) is 76.2 Å². The molecule has 10 nitrogen and oxygen atoms in total. The quantitative estimate of drug-likeness (QED) is 0.165. The zero-order valence-corrected chi connectivity index (χ0v) is 41.3. The van der Waals surface area contributed by atoms with Crippen LogP contribution in [0.4, 0.5) is 34.1 Å². The fraction of sp³-hybridized carbons (Fsp3) is 0. The predicted molar refractivity (Wildman–Crippen MR) is 317 cm³/mol. The van der Waals surface area contributed by atoms with E-state index in [0.717, 1.165) is 166 Å². The number of hydrogen-bond acceptors (Lipinski definition) is 6. The molecule has 0 radical (unpaired) electrons. The minimum Gasteiger partial charge on any atom is -0.454 e. The number of anilines is 6. The molecule has 8 aromatic heterocycles. The average molecular weight is 999 g/mol. The monoisotopic (exact) mass is 998 g/mol. The molecule has 78 heavy (non-hydrogen) atoms. The number of benzene rings is 11. The molecule has 0 bridgehead atoms. The van der Waals surface area contributed by atoms with Gasteiger partial charge >= 0.3 is 0 Å². The number of aromatic nitrogens is 6. The van der Waals surface area contributed by atoms with Crippen LogP contribution in [0.1, 0.15) is 0 Å². The van der Waals surface area contributed by atoms with Crippen LogP contribution in [0, 0.1) is 0 Å². The van der Waals surface area contributed by atoms with Crippen molar-refractivity contribution in [1.29, 1.82) is 0 Å². The van der Waals surface area contributed by atoms with Crippen LogP contribution in [-0.2, 0) is 0 Å². The van der Waals surface area contributed by atoms with Crippen LogP contribution >= 0.6 is 0 Å². The number of para-hydroxylation sites is 10. The lowest BCUT2D eigenvalue weighted by molar-refractivity contribution is 0.668. The molecule has 0 unspecified atom stereocenters. The molecule has 0 saturated heterocycles. The summed E-state index contributed by atoms with van der Waals surface area (Å²) in [5.74, 6) is 1.72. The van der Waals surface area contributed by atoms with Crippen LogP contribution in [0.25, 0.3) is 132 Å². The van der Waals surface area contributed by atoms with Gasteiger partial charge < -0.3 is 18.6 Å². The van der Waals surface area contributed by atoms with E-state index in [9.17, 15) is 0 Å². The Morgan fingerprint density at radius 2 is 0.679 bits per heavy atom. The Morgan fingerprint density at radius 1 is 0.295 bits per heavy atom. The van der Waals surface area contributed by atoms with Crippen molar-refractivity contribution in [2.45, 2.75) is 0 Å². The van der Waals surface area contributed by atoms with E-state index in [0.29, 0.717) is 0 Å². The normalized spacial score (nSPS) is 12.6. The predicted octanol–water partition coefficient (Wildman–Crippen LogP) is 18.0. The van der Waals surface area contributed by atoms with Crippen LogP contribution in [0.15, 0.2) is 239 Å². The highest BCUT2D eigenvalue weighted by atomic mass is 16.3. The second-order valence-electron chi connectivity index (χ2n) is 20.5. The molecular weight excluding hydrogens is 961 g/mol. The summed E-state index contributed by atoms with van der Waals surface area (Å²) >= 11 is 0. The van der Waals surface area contributed by atoms with Crippen LogP contribution in [0.3, 0.4) is 0 Å². The Bertz CT molecular complexity index is 5370. The van der Waals surface area contributed by atoms with Gasteiger partial charge in [-0.15, -0.1) is 0 Å². The molecule has 0 saturated carbocycles.